The van der Waals surface area contributed by atoms with Crippen molar-refractivity contribution in [3.8, 4) is 22.0 Å². The number of aromatic nitrogens is 6. The highest BCUT2D eigenvalue weighted by molar-refractivity contribution is 7.15. The molecule has 0 saturated heterocycles. The van der Waals surface area contributed by atoms with Gasteiger partial charge in [0.2, 0.25) is 0 Å². The summed E-state index contributed by atoms with van der Waals surface area (Å²) in [6.45, 7) is 3.97. The van der Waals surface area contributed by atoms with Crippen LogP contribution in [0.4, 0.5) is 0 Å². The van der Waals surface area contributed by atoms with Crippen molar-refractivity contribution >= 4 is 39.1 Å². The molecule has 5 aromatic rings. The smallest absolute Gasteiger partial charge is 0.162 e. The van der Waals surface area contributed by atoms with Crippen LogP contribution >= 0.6 is 11.3 Å². The number of nitrogens with zero attached hydrogens (tertiary/aromatic N) is 4. The molecule has 0 radical (unpaired) electrons. The predicted molar refractivity (Wildman–Crippen MR) is 120 cm³/mol. The van der Waals surface area contributed by atoms with Crippen LogP contribution in [0.25, 0.3) is 49.7 Å². The molecule has 0 spiro atoms. The van der Waals surface area contributed by atoms with Crippen LogP contribution in [0.5, 0.6) is 0 Å². The average Bonchev–Trinajstić information content (AvgIpc) is 3.51. The lowest BCUT2D eigenvalue weighted by Gasteiger charge is -2.13. The zero-order chi connectivity index (χ0) is 20.1. The van der Waals surface area contributed by atoms with Crippen LogP contribution in [0, 0.1) is 6.92 Å². The van der Waals surface area contributed by atoms with Gasteiger partial charge in [-0.2, -0.15) is 5.10 Å². The number of aryl methyl sites for hydroxylation is 1. The number of imidazole rings is 1. The van der Waals surface area contributed by atoms with Gasteiger partial charge >= 0.3 is 0 Å². The first-order valence-corrected chi connectivity index (χ1v) is 10.7. The van der Waals surface area contributed by atoms with Crippen molar-refractivity contribution in [3.63, 3.8) is 0 Å². The maximum Gasteiger partial charge on any atom is 0.162 e. The van der Waals surface area contributed by atoms with E-state index in [2.05, 4.69) is 56.7 Å². The maximum atomic E-state index is 4.92. The monoisotopic (exact) mass is 413 g/mol. The predicted octanol–water partition coefficient (Wildman–Crippen LogP) is 4.31. The van der Waals surface area contributed by atoms with Gasteiger partial charge in [0.05, 0.1) is 11.2 Å². The van der Waals surface area contributed by atoms with Crippen LogP contribution in [0.1, 0.15) is 17.0 Å². The lowest BCUT2D eigenvalue weighted by Crippen LogP contribution is -2.20. The number of H-pyrrole nitrogens is 2. The molecule has 0 unspecified atom stereocenters. The maximum absolute atomic E-state index is 4.92. The molecule has 6 heterocycles. The Balaban J connectivity index is 1.49. The first kappa shape index (κ1) is 17.5. The van der Waals surface area contributed by atoms with E-state index < -0.39 is 0 Å². The third-order valence-corrected chi connectivity index (χ3v) is 6.45. The summed E-state index contributed by atoms with van der Waals surface area (Å²) >= 11 is 1.76. The molecule has 0 bridgehead atoms. The zero-order valence-corrected chi connectivity index (χ0v) is 17.2. The zero-order valence-electron chi connectivity index (χ0n) is 16.4. The molecule has 0 atom stereocenters. The Labute approximate surface area is 176 Å². The van der Waals surface area contributed by atoms with Gasteiger partial charge in [-0.05, 0) is 55.8 Å². The van der Waals surface area contributed by atoms with Crippen molar-refractivity contribution < 1.29 is 0 Å². The van der Waals surface area contributed by atoms with Gasteiger partial charge in [-0.25, -0.2) is 15.0 Å². The van der Waals surface area contributed by atoms with Crippen molar-refractivity contribution in [3.05, 3.63) is 53.2 Å². The Morgan fingerprint density at radius 3 is 2.83 bits per heavy atom. The second-order valence-electron chi connectivity index (χ2n) is 7.40. The fraction of sp³-hybridized carbons (Fsp3) is 0.182. The quantitative estimate of drug-likeness (QED) is 0.410. The molecule has 3 N–H and O–H groups in total. The molecule has 0 aliphatic carbocycles. The molecule has 1 aliphatic rings. The van der Waals surface area contributed by atoms with E-state index >= 15 is 0 Å². The second-order valence-corrected chi connectivity index (χ2v) is 8.69. The van der Waals surface area contributed by atoms with Crippen LogP contribution in [-0.4, -0.2) is 43.2 Å². The van der Waals surface area contributed by atoms with Gasteiger partial charge in [0, 0.05) is 28.1 Å². The standard InChI is InChI=1S/C22H19N7S/c1-12-2-5-17(30-12)14-8-11-24-21-18(14)26-22(27-21)20-19-16(28-29-20)4-3-15(25-19)13-6-9-23-10-7-13/h2-6,8,11,23H,7,9-10H2,1H3,(H,28,29)(H,24,26,27). The van der Waals surface area contributed by atoms with Crippen LogP contribution in [-0.2, 0) is 0 Å². The summed E-state index contributed by atoms with van der Waals surface area (Å²) in [4.78, 5) is 20.1. The van der Waals surface area contributed by atoms with Crippen LogP contribution in [0.2, 0.25) is 0 Å². The Morgan fingerprint density at radius 1 is 1.03 bits per heavy atom. The molecule has 6 rings (SSSR count). The minimum Gasteiger partial charge on any atom is -0.321 e. The number of aromatic amines is 2. The first-order valence-electron chi connectivity index (χ1n) is 9.93. The summed E-state index contributed by atoms with van der Waals surface area (Å²) in [5.41, 5.74) is 7.37. The molecule has 0 saturated carbocycles. The lowest BCUT2D eigenvalue weighted by molar-refractivity contribution is 0.737. The largest absolute Gasteiger partial charge is 0.321 e. The fourth-order valence-electron chi connectivity index (χ4n) is 3.90. The molecular weight excluding hydrogens is 394 g/mol. The normalized spacial score (nSPS) is 14.5. The number of hydrogen-bond donors (Lipinski definition) is 3. The van der Waals surface area contributed by atoms with Crippen LogP contribution in [0.15, 0.2) is 42.6 Å². The third kappa shape index (κ3) is 2.84. The number of hydrogen-bond acceptors (Lipinski definition) is 6. The summed E-state index contributed by atoms with van der Waals surface area (Å²) in [5.74, 6) is 0.674. The molecule has 0 aromatic carbocycles. The van der Waals surface area contributed by atoms with Gasteiger partial charge in [0.15, 0.2) is 17.2 Å². The van der Waals surface area contributed by atoms with E-state index in [1.165, 1.54) is 15.3 Å². The summed E-state index contributed by atoms with van der Waals surface area (Å²) in [7, 11) is 0. The van der Waals surface area contributed by atoms with Crippen molar-refractivity contribution in [1.82, 2.24) is 35.5 Å². The molecule has 148 valence electrons. The topological polar surface area (TPSA) is 95.2 Å². The molecule has 30 heavy (non-hydrogen) atoms. The minimum atomic E-state index is 0.674. The van der Waals surface area contributed by atoms with Crippen LogP contribution in [0.3, 0.4) is 0 Å². The van der Waals surface area contributed by atoms with E-state index in [0.29, 0.717) is 11.5 Å². The van der Waals surface area contributed by atoms with Gasteiger partial charge < -0.3 is 10.3 Å². The third-order valence-electron chi connectivity index (χ3n) is 5.42. The van der Waals surface area contributed by atoms with Crippen molar-refractivity contribution in [2.24, 2.45) is 0 Å². The van der Waals surface area contributed by atoms with Gasteiger partial charge in [-0.15, -0.1) is 11.3 Å². The molecule has 0 amide bonds. The molecule has 5 aromatic heterocycles. The van der Waals surface area contributed by atoms with Gasteiger partial charge in [0.25, 0.3) is 0 Å². The van der Waals surface area contributed by atoms with E-state index in [1.54, 1.807) is 11.3 Å². The summed E-state index contributed by atoms with van der Waals surface area (Å²) < 4.78 is 0. The van der Waals surface area contributed by atoms with Crippen LogP contribution < -0.4 is 5.32 Å². The number of fused-ring (bicyclic) bond motifs is 2. The number of pyridine rings is 2. The van der Waals surface area contributed by atoms with E-state index in [1.807, 2.05) is 18.3 Å². The SMILES string of the molecule is Cc1ccc(-c2ccnc3[nH]c(-c4n[nH]c5ccc(C6=CCNCC6)nc45)nc23)s1. The number of thiophene rings is 1. The minimum absolute atomic E-state index is 0.674. The Morgan fingerprint density at radius 2 is 2.00 bits per heavy atom. The molecular formula is C22H19N7S. The lowest BCUT2D eigenvalue weighted by atomic mass is 10.1. The highest BCUT2D eigenvalue weighted by atomic mass is 32.1. The van der Waals surface area contributed by atoms with E-state index in [-0.39, 0.29) is 0 Å². The van der Waals surface area contributed by atoms with Crippen molar-refractivity contribution in [2.45, 2.75) is 13.3 Å². The van der Waals surface area contributed by atoms with Crippen molar-refractivity contribution in [2.75, 3.05) is 13.1 Å². The Kier molecular flexibility index (Phi) is 4.00. The highest BCUT2D eigenvalue weighted by Crippen LogP contribution is 2.34. The van der Waals surface area contributed by atoms with Gasteiger partial charge in [-0.3, -0.25) is 5.10 Å². The van der Waals surface area contributed by atoms with E-state index in [4.69, 9.17) is 9.97 Å². The van der Waals surface area contributed by atoms with Gasteiger partial charge in [0.1, 0.15) is 11.0 Å². The van der Waals surface area contributed by atoms with E-state index in [9.17, 15) is 0 Å². The summed E-state index contributed by atoms with van der Waals surface area (Å²) in [6, 6.07) is 10.4. The average molecular weight is 414 g/mol. The Hall–Kier alpha value is -3.36. The number of nitrogens with one attached hydrogen (secondary N) is 3. The summed E-state index contributed by atoms with van der Waals surface area (Å²) in [6.07, 6.45) is 5.00. The van der Waals surface area contributed by atoms with E-state index in [0.717, 1.165) is 53.0 Å². The Bertz CT molecular complexity index is 1420. The van der Waals surface area contributed by atoms with Crippen molar-refractivity contribution in [1.29, 1.82) is 0 Å². The number of rotatable bonds is 3. The second kappa shape index (κ2) is 6.86. The highest BCUT2D eigenvalue weighted by Gasteiger charge is 2.18. The summed E-state index contributed by atoms with van der Waals surface area (Å²) in [5, 5.41) is 10.9. The molecule has 0 fully saturated rings. The fourth-order valence-corrected chi connectivity index (χ4v) is 4.79. The first-order chi connectivity index (χ1) is 14.8. The van der Waals surface area contributed by atoms with Gasteiger partial charge in [-0.1, -0.05) is 6.08 Å². The molecule has 8 heteroatoms. The molecule has 7 nitrogen and oxygen atoms in total. The molecule has 1 aliphatic heterocycles.